The zero-order chi connectivity index (χ0) is 20.1. The summed E-state index contributed by atoms with van der Waals surface area (Å²) in [7, 11) is 0. The van der Waals surface area contributed by atoms with Crippen molar-refractivity contribution in [1.82, 2.24) is 5.32 Å². The van der Waals surface area contributed by atoms with Crippen molar-refractivity contribution < 1.29 is 22.8 Å². The summed E-state index contributed by atoms with van der Waals surface area (Å²) in [6, 6.07) is 5.66. The van der Waals surface area contributed by atoms with E-state index in [-0.39, 0.29) is 11.7 Å². The Morgan fingerprint density at radius 1 is 0.963 bits per heavy atom. The summed E-state index contributed by atoms with van der Waals surface area (Å²) in [4.78, 5) is 24.7. The fourth-order valence-electron chi connectivity index (χ4n) is 2.58. The van der Waals surface area contributed by atoms with Gasteiger partial charge in [-0.05, 0) is 44.0 Å². The highest BCUT2D eigenvalue weighted by molar-refractivity contribution is 8.00. The van der Waals surface area contributed by atoms with Crippen LogP contribution in [-0.2, 0) is 9.59 Å². The minimum absolute atomic E-state index is 0.109. The van der Waals surface area contributed by atoms with Gasteiger partial charge in [-0.25, -0.2) is 13.2 Å². The molecule has 0 aromatic heterocycles. The van der Waals surface area contributed by atoms with Crippen molar-refractivity contribution >= 4 is 29.3 Å². The molecule has 0 atom stereocenters. The van der Waals surface area contributed by atoms with E-state index in [1.165, 1.54) is 11.8 Å². The van der Waals surface area contributed by atoms with Crippen molar-refractivity contribution in [2.75, 3.05) is 17.6 Å². The Bertz CT molecular complexity index is 864. The summed E-state index contributed by atoms with van der Waals surface area (Å²) in [6.45, 7) is 5.51. The van der Waals surface area contributed by atoms with Gasteiger partial charge in [0, 0.05) is 4.90 Å². The van der Waals surface area contributed by atoms with Crippen molar-refractivity contribution in [1.29, 1.82) is 0 Å². The summed E-state index contributed by atoms with van der Waals surface area (Å²) >= 11 is 1.36. The summed E-state index contributed by atoms with van der Waals surface area (Å²) < 4.78 is 39.5. The van der Waals surface area contributed by atoms with Crippen molar-refractivity contribution in [3.63, 3.8) is 0 Å². The molecule has 0 aliphatic carbocycles. The molecule has 2 aromatic rings. The van der Waals surface area contributed by atoms with Gasteiger partial charge in [0.05, 0.1) is 18.0 Å². The molecule has 0 saturated heterocycles. The Morgan fingerprint density at radius 3 is 2.22 bits per heavy atom. The van der Waals surface area contributed by atoms with Crippen LogP contribution in [0.5, 0.6) is 0 Å². The number of carbonyl (C=O) groups is 2. The molecule has 27 heavy (non-hydrogen) atoms. The second kappa shape index (κ2) is 8.94. The number of anilines is 1. The molecule has 4 nitrogen and oxygen atoms in total. The highest BCUT2D eigenvalue weighted by Crippen LogP contribution is 2.27. The fraction of sp³-hybridized carbons (Fsp3) is 0.263. The van der Waals surface area contributed by atoms with Crippen LogP contribution < -0.4 is 10.6 Å². The lowest BCUT2D eigenvalue weighted by atomic mass is 10.1. The number of hydrogen-bond donors (Lipinski definition) is 2. The van der Waals surface area contributed by atoms with Gasteiger partial charge in [-0.1, -0.05) is 17.7 Å². The largest absolute Gasteiger partial charge is 0.346 e. The SMILES string of the molecule is Cc1cc(C)c(SCC(=O)NCC(=O)Nc2ccc(F)c(F)c2F)c(C)c1. The topological polar surface area (TPSA) is 58.2 Å². The number of halogens is 3. The van der Waals surface area contributed by atoms with Crippen LogP contribution in [0.15, 0.2) is 29.2 Å². The van der Waals surface area contributed by atoms with E-state index in [4.69, 9.17) is 0 Å². The van der Waals surface area contributed by atoms with E-state index >= 15 is 0 Å². The van der Waals surface area contributed by atoms with Crippen LogP contribution in [0, 0.1) is 38.2 Å². The quantitative estimate of drug-likeness (QED) is 0.576. The molecule has 0 spiro atoms. The Kier molecular flexibility index (Phi) is 6.90. The molecule has 144 valence electrons. The van der Waals surface area contributed by atoms with Gasteiger partial charge >= 0.3 is 0 Å². The summed E-state index contributed by atoms with van der Waals surface area (Å²) in [6.07, 6.45) is 0. The van der Waals surface area contributed by atoms with Crippen molar-refractivity contribution in [3.05, 3.63) is 58.4 Å². The number of rotatable bonds is 6. The molecule has 0 aliphatic heterocycles. The molecular formula is C19H19F3N2O2S. The number of aryl methyl sites for hydroxylation is 3. The molecule has 2 aromatic carbocycles. The maximum atomic E-state index is 13.5. The van der Waals surface area contributed by atoms with Crippen LogP contribution in [-0.4, -0.2) is 24.1 Å². The summed E-state index contributed by atoms with van der Waals surface area (Å²) in [5.74, 6) is -5.52. The van der Waals surface area contributed by atoms with Crippen molar-refractivity contribution in [2.45, 2.75) is 25.7 Å². The first-order chi connectivity index (χ1) is 12.7. The van der Waals surface area contributed by atoms with E-state index in [2.05, 4.69) is 10.6 Å². The Labute approximate surface area is 159 Å². The van der Waals surface area contributed by atoms with Crippen LogP contribution in [0.1, 0.15) is 16.7 Å². The smallest absolute Gasteiger partial charge is 0.243 e. The van der Waals surface area contributed by atoms with Gasteiger partial charge in [0.1, 0.15) is 0 Å². The fourth-order valence-corrected chi connectivity index (χ4v) is 3.53. The first-order valence-electron chi connectivity index (χ1n) is 8.09. The number of nitrogens with one attached hydrogen (secondary N) is 2. The molecule has 0 saturated carbocycles. The Morgan fingerprint density at radius 2 is 1.59 bits per heavy atom. The first kappa shape index (κ1) is 20.8. The van der Waals surface area contributed by atoms with Crippen LogP contribution in [0.3, 0.4) is 0 Å². The van der Waals surface area contributed by atoms with Gasteiger partial charge in [-0.3, -0.25) is 9.59 Å². The molecule has 0 bridgehead atoms. The van der Waals surface area contributed by atoms with E-state index in [0.29, 0.717) is 6.07 Å². The van der Waals surface area contributed by atoms with Crippen LogP contribution in [0.4, 0.5) is 18.9 Å². The number of benzene rings is 2. The van der Waals surface area contributed by atoms with E-state index in [1.807, 2.05) is 32.9 Å². The standard InChI is InChI=1S/C19H19F3N2O2S/c1-10-6-11(2)19(12(3)7-10)27-9-16(26)23-8-15(25)24-14-5-4-13(20)17(21)18(14)22/h4-7H,8-9H2,1-3H3,(H,23,26)(H,24,25). The monoisotopic (exact) mass is 396 g/mol. The van der Waals surface area contributed by atoms with Gasteiger partial charge in [0.15, 0.2) is 17.5 Å². The first-order valence-corrected chi connectivity index (χ1v) is 9.08. The zero-order valence-corrected chi connectivity index (χ0v) is 15.9. The second-order valence-electron chi connectivity index (χ2n) is 6.06. The number of carbonyl (C=O) groups excluding carboxylic acids is 2. The zero-order valence-electron chi connectivity index (χ0n) is 15.1. The van der Waals surface area contributed by atoms with E-state index in [1.54, 1.807) is 0 Å². The van der Waals surface area contributed by atoms with Crippen LogP contribution in [0.2, 0.25) is 0 Å². The maximum absolute atomic E-state index is 13.5. The minimum atomic E-state index is -1.67. The van der Waals surface area contributed by atoms with Gasteiger partial charge in [-0.2, -0.15) is 0 Å². The normalized spacial score (nSPS) is 10.6. The molecule has 2 amide bonds. The molecule has 2 N–H and O–H groups in total. The highest BCUT2D eigenvalue weighted by atomic mass is 32.2. The number of thioether (sulfide) groups is 1. The molecule has 0 unspecified atom stereocenters. The van der Waals surface area contributed by atoms with Crippen LogP contribution >= 0.6 is 11.8 Å². The van der Waals surface area contributed by atoms with Crippen LogP contribution in [0.25, 0.3) is 0 Å². The van der Waals surface area contributed by atoms with Gasteiger partial charge in [0.2, 0.25) is 11.8 Å². The number of amides is 2. The third-order valence-corrected chi connectivity index (χ3v) is 5.05. The Hall–Kier alpha value is -2.48. The molecule has 8 heteroatoms. The summed E-state index contributed by atoms with van der Waals surface area (Å²) in [5, 5.41) is 4.50. The van der Waals surface area contributed by atoms with Gasteiger partial charge in [0.25, 0.3) is 0 Å². The molecule has 0 aliphatic rings. The Balaban J connectivity index is 1.85. The number of hydrogen-bond acceptors (Lipinski definition) is 3. The third-order valence-electron chi connectivity index (χ3n) is 3.71. The third kappa shape index (κ3) is 5.50. The predicted molar refractivity (Wildman–Crippen MR) is 99.3 cm³/mol. The van der Waals surface area contributed by atoms with E-state index in [0.717, 1.165) is 27.7 Å². The lowest BCUT2D eigenvalue weighted by molar-refractivity contribution is -0.122. The second-order valence-corrected chi connectivity index (χ2v) is 7.05. The molecule has 0 fully saturated rings. The average Bonchev–Trinajstić information content (AvgIpc) is 2.59. The van der Waals surface area contributed by atoms with E-state index < -0.39 is 35.6 Å². The molecular weight excluding hydrogens is 377 g/mol. The lowest BCUT2D eigenvalue weighted by Crippen LogP contribution is -2.34. The average molecular weight is 396 g/mol. The molecule has 2 rings (SSSR count). The molecule has 0 heterocycles. The summed E-state index contributed by atoms with van der Waals surface area (Å²) in [5.41, 5.74) is 2.78. The lowest BCUT2D eigenvalue weighted by Gasteiger charge is -2.11. The van der Waals surface area contributed by atoms with Crippen molar-refractivity contribution in [3.8, 4) is 0 Å². The predicted octanol–water partition coefficient (Wildman–Crippen LogP) is 3.88. The van der Waals surface area contributed by atoms with E-state index in [9.17, 15) is 22.8 Å². The van der Waals surface area contributed by atoms with Gasteiger partial charge < -0.3 is 10.6 Å². The maximum Gasteiger partial charge on any atom is 0.243 e. The molecule has 0 radical (unpaired) electrons. The van der Waals surface area contributed by atoms with Gasteiger partial charge in [-0.15, -0.1) is 11.8 Å². The highest BCUT2D eigenvalue weighted by Gasteiger charge is 2.16. The minimum Gasteiger partial charge on any atom is -0.346 e. The van der Waals surface area contributed by atoms with Crippen molar-refractivity contribution in [2.24, 2.45) is 0 Å².